The van der Waals surface area contributed by atoms with Crippen LogP contribution in [0.4, 0.5) is 11.4 Å². The molecule has 0 spiro atoms. The Bertz CT molecular complexity index is 711. The summed E-state index contributed by atoms with van der Waals surface area (Å²) in [6.07, 6.45) is 0.459. The Morgan fingerprint density at radius 1 is 1.05 bits per heavy atom. The van der Waals surface area contributed by atoms with E-state index in [0.717, 1.165) is 5.56 Å². The van der Waals surface area contributed by atoms with Crippen molar-refractivity contribution in [3.05, 3.63) is 57.0 Å². The van der Waals surface area contributed by atoms with E-state index in [-0.39, 0.29) is 5.75 Å². The van der Waals surface area contributed by atoms with Gasteiger partial charge in [-0.25, -0.2) is 8.42 Å². The molecule has 0 radical (unpaired) electrons. The third-order valence-electron chi connectivity index (χ3n) is 2.82. The van der Waals surface area contributed by atoms with Crippen LogP contribution in [-0.4, -0.2) is 14.2 Å². The Hall–Kier alpha value is -1.05. The van der Waals surface area contributed by atoms with Gasteiger partial charge in [0.25, 0.3) is 0 Å². The molecular formula is C14H14Br2N2O2S. The van der Waals surface area contributed by atoms with Gasteiger partial charge in [-0.05, 0) is 56.0 Å². The lowest BCUT2D eigenvalue weighted by Crippen LogP contribution is -2.19. The van der Waals surface area contributed by atoms with Crippen molar-refractivity contribution >= 4 is 53.3 Å². The molecule has 7 heteroatoms. The molecule has 0 fully saturated rings. The zero-order valence-electron chi connectivity index (χ0n) is 11.0. The van der Waals surface area contributed by atoms with Crippen molar-refractivity contribution in [2.24, 2.45) is 0 Å². The SMILES string of the molecule is Nc1cc(Br)c(NS(=O)(=O)CCc2ccccc2)c(Br)c1. The molecule has 0 heterocycles. The van der Waals surface area contributed by atoms with Crippen LogP contribution in [0.2, 0.25) is 0 Å². The highest BCUT2D eigenvalue weighted by Crippen LogP contribution is 2.34. The number of rotatable bonds is 5. The number of hydrogen-bond donors (Lipinski definition) is 2. The van der Waals surface area contributed by atoms with Gasteiger partial charge in [0.15, 0.2) is 0 Å². The predicted molar refractivity (Wildman–Crippen MR) is 93.8 cm³/mol. The van der Waals surface area contributed by atoms with Crippen molar-refractivity contribution in [2.45, 2.75) is 6.42 Å². The molecule has 0 saturated heterocycles. The maximum absolute atomic E-state index is 12.2. The second-order valence-electron chi connectivity index (χ2n) is 4.52. The van der Waals surface area contributed by atoms with E-state index in [1.807, 2.05) is 30.3 Å². The maximum Gasteiger partial charge on any atom is 0.233 e. The molecule has 0 atom stereocenters. The Balaban J connectivity index is 2.11. The number of hydrogen-bond acceptors (Lipinski definition) is 3. The third-order valence-corrected chi connectivity index (χ3v) is 5.33. The topological polar surface area (TPSA) is 72.2 Å². The molecule has 2 rings (SSSR count). The average Bonchev–Trinajstić information content (AvgIpc) is 2.42. The standard InChI is InChI=1S/C14H14Br2N2O2S/c15-12-8-11(17)9-13(16)14(12)18-21(19,20)7-6-10-4-2-1-3-5-10/h1-5,8-9,18H,6-7,17H2. The number of anilines is 2. The van der Waals surface area contributed by atoms with E-state index >= 15 is 0 Å². The Kier molecular flexibility index (Phi) is 5.29. The molecule has 0 saturated carbocycles. The van der Waals surface area contributed by atoms with Crippen molar-refractivity contribution < 1.29 is 8.42 Å². The number of halogens is 2. The molecule has 21 heavy (non-hydrogen) atoms. The van der Waals surface area contributed by atoms with E-state index in [2.05, 4.69) is 36.6 Å². The van der Waals surface area contributed by atoms with E-state index in [1.165, 1.54) is 0 Å². The molecule has 112 valence electrons. The van der Waals surface area contributed by atoms with Crippen LogP contribution in [0.5, 0.6) is 0 Å². The fourth-order valence-corrected chi connectivity index (χ4v) is 4.61. The molecular weight excluding hydrogens is 420 g/mol. The summed E-state index contributed by atoms with van der Waals surface area (Å²) in [6.45, 7) is 0. The molecule has 0 amide bonds. The van der Waals surface area contributed by atoms with E-state index in [9.17, 15) is 8.42 Å². The lowest BCUT2D eigenvalue weighted by Gasteiger charge is -2.12. The minimum absolute atomic E-state index is 0.0142. The first-order valence-electron chi connectivity index (χ1n) is 6.16. The van der Waals surface area contributed by atoms with Gasteiger partial charge in [0.2, 0.25) is 10.0 Å². The molecule has 0 bridgehead atoms. The van der Waals surface area contributed by atoms with E-state index in [1.54, 1.807) is 12.1 Å². The van der Waals surface area contributed by atoms with Crippen LogP contribution in [0.15, 0.2) is 51.4 Å². The Labute approximate surface area is 141 Å². The van der Waals surface area contributed by atoms with Crippen LogP contribution in [0.1, 0.15) is 5.56 Å². The first kappa shape index (κ1) is 16.3. The Morgan fingerprint density at radius 2 is 1.62 bits per heavy atom. The fourth-order valence-electron chi connectivity index (χ4n) is 1.79. The van der Waals surface area contributed by atoms with Crippen molar-refractivity contribution in [1.82, 2.24) is 0 Å². The van der Waals surface area contributed by atoms with Crippen LogP contribution >= 0.6 is 31.9 Å². The summed E-state index contributed by atoms with van der Waals surface area (Å²) in [5, 5.41) is 0. The predicted octanol–water partition coefficient (Wildman–Crippen LogP) is 3.78. The fraction of sp³-hybridized carbons (Fsp3) is 0.143. The van der Waals surface area contributed by atoms with Crippen LogP contribution < -0.4 is 10.5 Å². The van der Waals surface area contributed by atoms with Crippen molar-refractivity contribution in [3.8, 4) is 0 Å². The van der Waals surface area contributed by atoms with E-state index < -0.39 is 10.0 Å². The summed E-state index contributed by atoms with van der Waals surface area (Å²) in [7, 11) is -3.44. The minimum Gasteiger partial charge on any atom is -0.399 e. The number of aryl methyl sites for hydroxylation is 1. The molecule has 0 aliphatic carbocycles. The molecule has 2 aromatic carbocycles. The normalized spacial score (nSPS) is 11.3. The summed E-state index contributed by atoms with van der Waals surface area (Å²) in [6, 6.07) is 12.8. The van der Waals surface area contributed by atoms with Gasteiger partial charge in [-0.1, -0.05) is 30.3 Å². The minimum atomic E-state index is -3.44. The number of sulfonamides is 1. The first-order chi connectivity index (χ1) is 9.87. The van der Waals surface area contributed by atoms with Crippen molar-refractivity contribution in [2.75, 3.05) is 16.2 Å². The lowest BCUT2D eigenvalue weighted by atomic mass is 10.2. The lowest BCUT2D eigenvalue weighted by molar-refractivity contribution is 0.600. The van der Waals surface area contributed by atoms with Crippen LogP contribution in [0.3, 0.4) is 0 Å². The van der Waals surface area contributed by atoms with E-state index in [4.69, 9.17) is 5.73 Å². The van der Waals surface area contributed by atoms with Gasteiger partial charge >= 0.3 is 0 Å². The molecule has 0 aliphatic heterocycles. The summed E-state index contributed by atoms with van der Waals surface area (Å²) in [5.74, 6) is 0.0142. The monoisotopic (exact) mass is 432 g/mol. The Morgan fingerprint density at radius 3 is 2.19 bits per heavy atom. The van der Waals surface area contributed by atoms with Gasteiger partial charge in [-0.15, -0.1) is 0 Å². The van der Waals surface area contributed by atoms with Crippen LogP contribution in [0.25, 0.3) is 0 Å². The van der Waals surface area contributed by atoms with Gasteiger partial charge in [-0.3, -0.25) is 4.72 Å². The molecule has 3 N–H and O–H groups in total. The molecule has 0 aliphatic rings. The summed E-state index contributed by atoms with van der Waals surface area (Å²) >= 11 is 6.62. The van der Waals surface area contributed by atoms with Gasteiger partial charge in [0, 0.05) is 14.6 Å². The maximum atomic E-state index is 12.2. The van der Waals surface area contributed by atoms with Gasteiger partial charge in [0.05, 0.1) is 11.4 Å². The molecule has 0 aromatic heterocycles. The first-order valence-corrected chi connectivity index (χ1v) is 9.40. The largest absolute Gasteiger partial charge is 0.399 e. The smallest absolute Gasteiger partial charge is 0.233 e. The van der Waals surface area contributed by atoms with E-state index in [0.29, 0.717) is 26.7 Å². The number of nitrogens with two attached hydrogens (primary N) is 1. The second-order valence-corrected chi connectivity index (χ2v) is 8.07. The quantitative estimate of drug-likeness (QED) is 0.704. The number of nitrogen functional groups attached to an aromatic ring is 1. The number of benzene rings is 2. The summed E-state index contributed by atoms with van der Waals surface area (Å²) in [4.78, 5) is 0. The van der Waals surface area contributed by atoms with Crippen LogP contribution in [-0.2, 0) is 16.4 Å². The molecule has 2 aromatic rings. The second kappa shape index (κ2) is 6.81. The molecule has 0 unspecified atom stereocenters. The average molecular weight is 434 g/mol. The van der Waals surface area contributed by atoms with Crippen molar-refractivity contribution in [3.63, 3.8) is 0 Å². The number of nitrogens with one attached hydrogen (secondary N) is 1. The third kappa shape index (κ3) is 4.72. The summed E-state index contributed by atoms with van der Waals surface area (Å²) in [5.41, 5.74) is 7.67. The molecule has 4 nitrogen and oxygen atoms in total. The zero-order chi connectivity index (χ0) is 15.5. The van der Waals surface area contributed by atoms with Gasteiger partial charge in [-0.2, -0.15) is 0 Å². The van der Waals surface area contributed by atoms with Crippen molar-refractivity contribution in [1.29, 1.82) is 0 Å². The van der Waals surface area contributed by atoms with Gasteiger partial charge < -0.3 is 5.73 Å². The van der Waals surface area contributed by atoms with Crippen LogP contribution in [0, 0.1) is 0 Å². The highest BCUT2D eigenvalue weighted by molar-refractivity contribution is 9.11. The highest BCUT2D eigenvalue weighted by atomic mass is 79.9. The highest BCUT2D eigenvalue weighted by Gasteiger charge is 2.15. The van der Waals surface area contributed by atoms with Gasteiger partial charge in [0.1, 0.15) is 0 Å². The zero-order valence-corrected chi connectivity index (χ0v) is 15.0. The summed E-state index contributed by atoms with van der Waals surface area (Å²) < 4.78 is 28.1.